The van der Waals surface area contributed by atoms with Gasteiger partial charge in [0.15, 0.2) is 5.16 Å². The Bertz CT molecular complexity index is 836. The van der Waals surface area contributed by atoms with Gasteiger partial charge in [0, 0.05) is 31.1 Å². The van der Waals surface area contributed by atoms with Gasteiger partial charge in [-0.3, -0.25) is 14.2 Å². The van der Waals surface area contributed by atoms with Crippen LogP contribution < -0.4 is 16.6 Å². The summed E-state index contributed by atoms with van der Waals surface area (Å²) in [4.78, 5) is 28.8. The molecule has 0 saturated carbocycles. The number of nitrogens with two attached hydrogens (primary N) is 1. The highest BCUT2D eigenvalue weighted by molar-refractivity contribution is 7.99. The summed E-state index contributed by atoms with van der Waals surface area (Å²) < 4.78 is 1.55. The lowest BCUT2D eigenvalue weighted by molar-refractivity contribution is 0.0948. The van der Waals surface area contributed by atoms with Crippen LogP contribution in [0.5, 0.6) is 0 Å². The first-order valence-electron chi connectivity index (χ1n) is 8.33. The summed E-state index contributed by atoms with van der Waals surface area (Å²) in [5.74, 6) is 0.840. The molecule has 1 aliphatic heterocycles. The van der Waals surface area contributed by atoms with Crippen LogP contribution in [-0.4, -0.2) is 27.8 Å². The van der Waals surface area contributed by atoms with Crippen LogP contribution in [0.4, 0.5) is 0 Å². The summed E-state index contributed by atoms with van der Waals surface area (Å²) >= 11 is 1.52. The van der Waals surface area contributed by atoms with Crippen molar-refractivity contribution in [1.29, 1.82) is 0 Å². The zero-order chi connectivity index (χ0) is 18.0. The lowest BCUT2D eigenvalue weighted by Crippen LogP contribution is -2.36. The zero-order valence-electron chi connectivity index (χ0n) is 14.8. The van der Waals surface area contributed by atoms with Crippen molar-refractivity contribution in [2.24, 2.45) is 5.73 Å². The van der Waals surface area contributed by atoms with Crippen LogP contribution in [-0.2, 0) is 6.54 Å². The van der Waals surface area contributed by atoms with Gasteiger partial charge in [0.25, 0.3) is 11.5 Å². The molecule has 26 heavy (non-hydrogen) atoms. The van der Waals surface area contributed by atoms with Gasteiger partial charge in [-0.15, -0.1) is 12.4 Å². The number of fused-ring (bicyclic) bond motifs is 1. The molecule has 1 aliphatic rings. The molecule has 2 aromatic rings. The highest BCUT2D eigenvalue weighted by atomic mass is 35.5. The second-order valence-corrected chi connectivity index (χ2v) is 7.46. The third-order valence-corrected chi connectivity index (χ3v) is 5.29. The molecule has 1 atom stereocenters. The molecule has 0 radical (unpaired) electrons. The van der Waals surface area contributed by atoms with Crippen LogP contribution in [0.3, 0.4) is 0 Å². The fourth-order valence-corrected chi connectivity index (χ4v) is 3.63. The predicted octanol–water partition coefficient (Wildman–Crippen LogP) is 2.32. The number of nitrogens with zero attached hydrogens (tertiary/aromatic N) is 2. The lowest BCUT2D eigenvalue weighted by atomic mass is 9.99. The van der Waals surface area contributed by atoms with E-state index in [1.807, 2.05) is 12.1 Å². The number of thioether (sulfide) groups is 1. The molecule has 0 aliphatic carbocycles. The van der Waals surface area contributed by atoms with Gasteiger partial charge < -0.3 is 11.1 Å². The number of carbonyl (C=O) groups is 1. The summed E-state index contributed by atoms with van der Waals surface area (Å²) in [6, 6.07) is 7.74. The molecule has 140 valence electrons. The molecule has 6 nitrogen and oxygen atoms in total. The van der Waals surface area contributed by atoms with E-state index in [1.54, 1.807) is 4.57 Å². The third-order valence-electron chi connectivity index (χ3n) is 4.32. The van der Waals surface area contributed by atoms with E-state index in [9.17, 15) is 9.59 Å². The Kier molecular flexibility index (Phi) is 6.86. The topological polar surface area (TPSA) is 90.0 Å². The number of aromatic nitrogens is 2. The number of carbonyl (C=O) groups excluding carboxylic acids is 1. The predicted molar refractivity (Wildman–Crippen MR) is 106 cm³/mol. The van der Waals surface area contributed by atoms with Gasteiger partial charge in [-0.1, -0.05) is 49.9 Å². The third kappa shape index (κ3) is 4.28. The minimum absolute atomic E-state index is 0. The van der Waals surface area contributed by atoms with Crippen molar-refractivity contribution < 1.29 is 4.79 Å². The van der Waals surface area contributed by atoms with Gasteiger partial charge in [0.2, 0.25) is 0 Å². The summed E-state index contributed by atoms with van der Waals surface area (Å²) in [5, 5.41) is 3.41. The van der Waals surface area contributed by atoms with Crippen molar-refractivity contribution in [2.45, 2.75) is 37.5 Å². The van der Waals surface area contributed by atoms with E-state index in [0.717, 1.165) is 11.3 Å². The number of rotatable bonds is 5. The molecule has 0 saturated heterocycles. The van der Waals surface area contributed by atoms with Crippen molar-refractivity contribution in [3.63, 3.8) is 0 Å². The largest absolute Gasteiger partial charge is 0.350 e. The van der Waals surface area contributed by atoms with E-state index < -0.39 is 5.91 Å². The highest BCUT2D eigenvalue weighted by Gasteiger charge is 2.20. The summed E-state index contributed by atoms with van der Waals surface area (Å²) in [6.07, 6.45) is 1.35. The van der Waals surface area contributed by atoms with Gasteiger partial charge in [0.1, 0.15) is 5.56 Å². The number of nitrogens with one attached hydrogen (secondary N) is 1. The van der Waals surface area contributed by atoms with Crippen LogP contribution in [0.1, 0.15) is 47.3 Å². The lowest BCUT2D eigenvalue weighted by Gasteiger charge is -2.14. The van der Waals surface area contributed by atoms with Crippen LogP contribution in [0.25, 0.3) is 0 Å². The molecule has 2 heterocycles. The average Bonchev–Trinajstić information content (AvgIpc) is 3.09. The minimum atomic E-state index is -0.432. The highest BCUT2D eigenvalue weighted by Crippen LogP contribution is 2.20. The maximum atomic E-state index is 12.3. The van der Waals surface area contributed by atoms with E-state index in [2.05, 4.69) is 36.3 Å². The fraction of sp³-hybridized carbons (Fsp3) is 0.389. The van der Waals surface area contributed by atoms with E-state index in [0.29, 0.717) is 17.6 Å². The van der Waals surface area contributed by atoms with Gasteiger partial charge >= 0.3 is 0 Å². The van der Waals surface area contributed by atoms with Crippen molar-refractivity contribution in [3.8, 4) is 0 Å². The Morgan fingerprint density at radius 2 is 1.96 bits per heavy atom. The summed E-state index contributed by atoms with van der Waals surface area (Å²) in [6.45, 7) is 5.12. The first-order valence-corrected chi connectivity index (χ1v) is 9.32. The molecule has 1 aromatic heterocycles. The molecule has 1 amide bonds. The quantitative estimate of drug-likeness (QED) is 0.759. The van der Waals surface area contributed by atoms with Gasteiger partial charge in [-0.2, -0.15) is 0 Å². The number of hydrogen-bond acceptors (Lipinski definition) is 5. The van der Waals surface area contributed by atoms with Crippen molar-refractivity contribution in [1.82, 2.24) is 14.9 Å². The average molecular weight is 395 g/mol. The van der Waals surface area contributed by atoms with Gasteiger partial charge in [-0.25, -0.2) is 4.98 Å². The molecule has 3 rings (SSSR count). The molecule has 3 N–H and O–H groups in total. The summed E-state index contributed by atoms with van der Waals surface area (Å²) in [5.41, 5.74) is 8.13. The second-order valence-electron chi connectivity index (χ2n) is 6.40. The van der Waals surface area contributed by atoms with Crippen LogP contribution in [0, 0.1) is 0 Å². The number of hydrogen-bond donors (Lipinski definition) is 2. The van der Waals surface area contributed by atoms with Gasteiger partial charge in [0.05, 0.1) is 0 Å². The van der Waals surface area contributed by atoms with Gasteiger partial charge in [-0.05, 0) is 17.0 Å². The molecular weight excluding hydrogens is 372 g/mol. The van der Waals surface area contributed by atoms with Crippen molar-refractivity contribution in [3.05, 3.63) is 57.5 Å². The Hall–Kier alpha value is -1.83. The van der Waals surface area contributed by atoms with E-state index in [1.165, 1.54) is 23.5 Å². The monoisotopic (exact) mass is 394 g/mol. The number of benzene rings is 1. The maximum Gasteiger partial charge on any atom is 0.267 e. The van der Waals surface area contributed by atoms with Crippen LogP contribution in [0.15, 0.2) is 40.4 Å². The molecule has 0 bridgehead atoms. The zero-order valence-corrected chi connectivity index (χ0v) is 16.4. The first kappa shape index (κ1) is 20.5. The van der Waals surface area contributed by atoms with E-state index in [4.69, 9.17) is 5.73 Å². The fourth-order valence-electron chi connectivity index (χ4n) is 2.72. The first-order chi connectivity index (χ1) is 12.0. The van der Waals surface area contributed by atoms with Crippen LogP contribution >= 0.6 is 24.2 Å². The standard InChI is InChI=1S/C18H22N4O2S.ClH/c1-11(2)12-3-5-13(6-4-12)15(19)10-20-16(23)14-9-21-18-22(17(14)24)7-8-25-18;/h3-6,9,11,15H,7-8,10,19H2,1-2H3,(H,20,23);1H. The summed E-state index contributed by atoms with van der Waals surface area (Å²) in [7, 11) is 0. The molecule has 8 heteroatoms. The van der Waals surface area contributed by atoms with E-state index >= 15 is 0 Å². The number of amides is 1. The smallest absolute Gasteiger partial charge is 0.267 e. The molecule has 1 aromatic carbocycles. The van der Waals surface area contributed by atoms with Crippen LogP contribution in [0.2, 0.25) is 0 Å². The molecule has 1 unspecified atom stereocenters. The Balaban J connectivity index is 0.00000243. The molecule has 0 fully saturated rings. The van der Waals surface area contributed by atoms with E-state index in [-0.39, 0.29) is 36.1 Å². The Morgan fingerprint density at radius 3 is 2.62 bits per heavy atom. The Labute approximate surface area is 163 Å². The number of halogens is 1. The second kappa shape index (κ2) is 8.70. The Morgan fingerprint density at radius 1 is 1.31 bits per heavy atom. The SMILES string of the molecule is CC(C)c1ccc(C(N)CNC(=O)c2cnc3n(c2=O)CCS3)cc1.Cl. The van der Waals surface area contributed by atoms with Crippen molar-refractivity contribution >= 4 is 30.1 Å². The molecule has 0 spiro atoms. The minimum Gasteiger partial charge on any atom is -0.350 e. The normalized spacial score (nSPS) is 13.8. The maximum absolute atomic E-state index is 12.3. The molecular formula is C18H23ClN4O2S. The van der Waals surface area contributed by atoms with Crippen molar-refractivity contribution in [2.75, 3.05) is 12.3 Å².